The van der Waals surface area contributed by atoms with Crippen molar-refractivity contribution < 1.29 is 14.6 Å². The number of nitrogens with zero attached hydrogens (tertiary/aromatic N) is 3. The minimum absolute atomic E-state index is 0.00505. The number of rotatable bonds is 6. The molecule has 1 aliphatic heterocycles. The van der Waals surface area contributed by atoms with Crippen LogP contribution in [0.5, 0.6) is 0 Å². The van der Waals surface area contributed by atoms with Gasteiger partial charge in [-0.15, -0.1) is 0 Å². The van der Waals surface area contributed by atoms with Gasteiger partial charge in [0.1, 0.15) is 6.61 Å². The summed E-state index contributed by atoms with van der Waals surface area (Å²) in [7, 11) is 3.98. The Kier molecular flexibility index (Phi) is 5.18. The Bertz CT molecular complexity index is 612. The standard InChI is InChI=1S/C18H30N4O3/c1-12(2)17-18(11-21(17)3)7-14(15(23)8-18)20-16(24)10-25-9-13-5-6-19-22(13)4/h5-6,12,14-15,17,23H,7-11H2,1-4H3,(H,20,24)/t14-,15-,17?,18?/m1/s1. The van der Waals surface area contributed by atoms with Crippen LogP contribution in [-0.2, 0) is 23.2 Å². The van der Waals surface area contributed by atoms with Gasteiger partial charge in [0, 0.05) is 31.2 Å². The van der Waals surface area contributed by atoms with Gasteiger partial charge in [0.15, 0.2) is 0 Å². The van der Waals surface area contributed by atoms with Crippen molar-refractivity contribution in [3.05, 3.63) is 18.0 Å². The summed E-state index contributed by atoms with van der Waals surface area (Å²) in [6.07, 6.45) is 2.83. The third kappa shape index (κ3) is 3.59. The lowest BCUT2D eigenvalue weighted by molar-refractivity contribution is -0.127. The Morgan fingerprint density at radius 1 is 1.48 bits per heavy atom. The highest BCUT2D eigenvalue weighted by Gasteiger charge is 2.58. The summed E-state index contributed by atoms with van der Waals surface area (Å²) in [5.74, 6) is 0.375. The van der Waals surface area contributed by atoms with E-state index < -0.39 is 6.10 Å². The molecule has 25 heavy (non-hydrogen) atoms. The van der Waals surface area contributed by atoms with Crippen LogP contribution in [0.4, 0.5) is 0 Å². The van der Waals surface area contributed by atoms with Crippen molar-refractivity contribution in [1.29, 1.82) is 0 Å². The first-order chi connectivity index (χ1) is 11.8. The van der Waals surface area contributed by atoms with Crippen molar-refractivity contribution in [2.45, 2.75) is 51.5 Å². The number of amides is 1. The molecule has 1 saturated heterocycles. The maximum Gasteiger partial charge on any atom is 0.246 e. The monoisotopic (exact) mass is 350 g/mol. The molecule has 2 N–H and O–H groups in total. The maximum atomic E-state index is 12.2. The number of carbonyl (C=O) groups is 1. The van der Waals surface area contributed by atoms with Crippen LogP contribution in [-0.4, -0.2) is 64.1 Å². The number of aryl methyl sites for hydroxylation is 1. The van der Waals surface area contributed by atoms with Gasteiger partial charge < -0.3 is 20.1 Å². The zero-order valence-corrected chi connectivity index (χ0v) is 15.6. The maximum absolute atomic E-state index is 12.2. The van der Waals surface area contributed by atoms with Gasteiger partial charge >= 0.3 is 0 Å². The summed E-state index contributed by atoms with van der Waals surface area (Å²) < 4.78 is 7.20. The number of ether oxygens (including phenoxy) is 1. The van der Waals surface area contributed by atoms with Crippen LogP contribution in [0.2, 0.25) is 0 Å². The van der Waals surface area contributed by atoms with Crippen molar-refractivity contribution in [1.82, 2.24) is 20.0 Å². The molecule has 2 heterocycles. The van der Waals surface area contributed by atoms with E-state index >= 15 is 0 Å². The number of aromatic nitrogens is 2. The van der Waals surface area contributed by atoms with E-state index in [1.54, 1.807) is 10.9 Å². The minimum atomic E-state index is -0.476. The first-order valence-corrected chi connectivity index (χ1v) is 9.05. The summed E-state index contributed by atoms with van der Waals surface area (Å²) in [5, 5.41) is 17.5. The normalized spacial score (nSPS) is 32.3. The summed E-state index contributed by atoms with van der Waals surface area (Å²) in [5.41, 5.74) is 1.06. The molecule has 1 aliphatic carbocycles. The zero-order chi connectivity index (χ0) is 18.2. The average molecular weight is 350 g/mol. The number of likely N-dealkylation sites (tertiary alicyclic amines) is 1. The molecule has 2 unspecified atom stereocenters. The lowest BCUT2D eigenvalue weighted by atomic mass is 9.66. The largest absolute Gasteiger partial charge is 0.391 e. The van der Waals surface area contributed by atoms with Gasteiger partial charge in [0.05, 0.1) is 24.4 Å². The molecule has 0 radical (unpaired) electrons. The first kappa shape index (κ1) is 18.4. The summed E-state index contributed by atoms with van der Waals surface area (Å²) in [6.45, 7) is 5.80. The second-order valence-corrected chi connectivity index (χ2v) is 8.05. The Balaban J connectivity index is 1.48. The molecule has 0 bridgehead atoms. The molecular formula is C18H30N4O3. The van der Waals surface area contributed by atoms with Crippen LogP contribution in [0.15, 0.2) is 12.3 Å². The van der Waals surface area contributed by atoms with Gasteiger partial charge in [-0.2, -0.15) is 5.10 Å². The quantitative estimate of drug-likeness (QED) is 0.782. The van der Waals surface area contributed by atoms with Crippen LogP contribution in [0, 0.1) is 11.3 Å². The average Bonchev–Trinajstić information content (AvgIpc) is 3.03. The number of nitrogens with one attached hydrogen (secondary N) is 1. The Labute approximate surface area is 149 Å². The van der Waals surface area contributed by atoms with Crippen LogP contribution in [0.1, 0.15) is 32.4 Å². The van der Waals surface area contributed by atoms with E-state index in [9.17, 15) is 9.90 Å². The first-order valence-electron chi connectivity index (χ1n) is 9.05. The van der Waals surface area contributed by atoms with Gasteiger partial charge in [-0.05, 0) is 31.9 Å². The Hall–Kier alpha value is -1.44. The molecule has 2 fully saturated rings. The van der Waals surface area contributed by atoms with Crippen molar-refractivity contribution in [2.24, 2.45) is 18.4 Å². The molecule has 1 aromatic heterocycles. The van der Waals surface area contributed by atoms with Crippen LogP contribution >= 0.6 is 0 Å². The molecule has 1 saturated carbocycles. The van der Waals surface area contributed by atoms with Crippen molar-refractivity contribution in [3.8, 4) is 0 Å². The smallest absolute Gasteiger partial charge is 0.246 e. The minimum Gasteiger partial charge on any atom is -0.391 e. The SMILES string of the molecule is CC(C)C1N(C)CC12C[C@@H](O)[C@H](NC(=O)COCc1ccnn1C)C2. The number of hydrogen-bond acceptors (Lipinski definition) is 5. The third-order valence-electron chi connectivity index (χ3n) is 5.76. The highest BCUT2D eigenvalue weighted by atomic mass is 16.5. The third-order valence-corrected chi connectivity index (χ3v) is 5.76. The van der Waals surface area contributed by atoms with Crippen molar-refractivity contribution in [2.75, 3.05) is 20.2 Å². The van der Waals surface area contributed by atoms with Crippen molar-refractivity contribution >= 4 is 5.91 Å². The van der Waals surface area contributed by atoms with E-state index in [0.29, 0.717) is 18.6 Å². The summed E-state index contributed by atoms with van der Waals surface area (Å²) in [4.78, 5) is 14.5. The number of hydrogen-bond donors (Lipinski definition) is 2. The topological polar surface area (TPSA) is 79.6 Å². The highest BCUT2D eigenvalue weighted by molar-refractivity contribution is 5.77. The van der Waals surface area contributed by atoms with Crippen molar-refractivity contribution in [3.63, 3.8) is 0 Å². The van der Waals surface area contributed by atoms with E-state index in [0.717, 1.165) is 25.1 Å². The number of aliphatic hydroxyl groups excluding tert-OH is 1. The van der Waals surface area contributed by atoms with E-state index in [1.165, 1.54) is 0 Å². The molecule has 2 aliphatic rings. The van der Waals surface area contributed by atoms with Crippen LogP contribution in [0.25, 0.3) is 0 Å². The molecule has 0 aromatic carbocycles. The van der Waals surface area contributed by atoms with Gasteiger partial charge in [0.25, 0.3) is 0 Å². The Morgan fingerprint density at radius 2 is 2.24 bits per heavy atom. The summed E-state index contributed by atoms with van der Waals surface area (Å²) >= 11 is 0. The van der Waals surface area contributed by atoms with E-state index in [-0.39, 0.29) is 24.0 Å². The molecule has 3 rings (SSSR count). The van der Waals surface area contributed by atoms with Gasteiger partial charge in [-0.25, -0.2) is 0 Å². The number of carbonyl (C=O) groups excluding carboxylic acids is 1. The fourth-order valence-electron chi connectivity index (χ4n) is 5.03. The predicted octanol–water partition coefficient (Wildman–Crippen LogP) is 0.533. The predicted molar refractivity (Wildman–Crippen MR) is 93.7 cm³/mol. The van der Waals surface area contributed by atoms with E-state index in [1.807, 2.05) is 13.1 Å². The lowest BCUT2D eigenvalue weighted by Gasteiger charge is -2.57. The second kappa shape index (κ2) is 7.05. The highest BCUT2D eigenvalue weighted by Crippen LogP contribution is 2.52. The molecule has 7 nitrogen and oxygen atoms in total. The molecule has 7 heteroatoms. The zero-order valence-electron chi connectivity index (χ0n) is 15.6. The molecule has 140 valence electrons. The fourth-order valence-corrected chi connectivity index (χ4v) is 5.03. The van der Waals surface area contributed by atoms with Gasteiger partial charge in [-0.1, -0.05) is 13.8 Å². The lowest BCUT2D eigenvalue weighted by Crippen LogP contribution is -2.64. The van der Waals surface area contributed by atoms with Gasteiger partial charge in [0.2, 0.25) is 5.91 Å². The van der Waals surface area contributed by atoms with E-state index in [2.05, 4.69) is 36.2 Å². The summed E-state index contributed by atoms with van der Waals surface area (Å²) in [6, 6.07) is 2.16. The Morgan fingerprint density at radius 3 is 2.84 bits per heavy atom. The molecular weight excluding hydrogens is 320 g/mol. The van der Waals surface area contributed by atoms with E-state index in [4.69, 9.17) is 4.74 Å². The fraction of sp³-hybridized carbons (Fsp3) is 0.778. The molecule has 1 spiro atoms. The van der Waals surface area contributed by atoms with Crippen LogP contribution in [0.3, 0.4) is 0 Å². The second-order valence-electron chi connectivity index (χ2n) is 8.05. The van der Waals surface area contributed by atoms with Crippen LogP contribution < -0.4 is 5.32 Å². The molecule has 1 amide bonds. The molecule has 4 atom stereocenters. The van der Waals surface area contributed by atoms with Gasteiger partial charge in [-0.3, -0.25) is 9.48 Å². The molecule has 1 aromatic rings. The number of aliphatic hydroxyl groups is 1.